The van der Waals surface area contributed by atoms with Gasteiger partial charge in [-0.3, -0.25) is 4.99 Å². The van der Waals surface area contributed by atoms with Gasteiger partial charge in [0.25, 0.3) is 0 Å². The molecule has 2 atom stereocenters. The fraction of sp³-hybridized carbons (Fsp3) is 0.696. The van der Waals surface area contributed by atoms with Crippen LogP contribution in [-0.4, -0.2) is 82.2 Å². The second-order valence-electron chi connectivity index (χ2n) is 8.82. The third-order valence-corrected chi connectivity index (χ3v) is 6.20. The number of nitrogens with one attached hydrogen (secondary N) is 2. The van der Waals surface area contributed by atoms with Crippen LogP contribution in [0.15, 0.2) is 29.3 Å². The largest absolute Gasteiger partial charge is 0.372 e. The van der Waals surface area contributed by atoms with Crippen molar-refractivity contribution in [2.75, 3.05) is 71.4 Å². The Bertz CT molecular complexity index is 653. The number of rotatable bonds is 7. The van der Waals surface area contributed by atoms with Gasteiger partial charge >= 0.3 is 0 Å². The standard InChI is InChI=1S/C23H40N6.HI/c1-19(18-28-14-12-27(4)13-15-28)17-25-23(24-3)26-20(2)21-8-7-9-22(16-21)29-10-5-6-11-29;/h7-9,16,19-20H,5-6,10-15,17-18H2,1-4H3,(H2,24,25,26);1H. The van der Waals surface area contributed by atoms with E-state index < -0.39 is 0 Å². The summed E-state index contributed by atoms with van der Waals surface area (Å²) in [7, 11) is 4.06. The Labute approximate surface area is 200 Å². The van der Waals surface area contributed by atoms with Crippen LogP contribution in [0.25, 0.3) is 0 Å². The van der Waals surface area contributed by atoms with E-state index in [4.69, 9.17) is 0 Å². The summed E-state index contributed by atoms with van der Waals surface area (Å²) in [5.74, 6) is 1.47. The maximum atomic E-state index is 4.45. The molecule has 3 rings (SSSR count). The summed E-state index contributed by atoms with van der Waals surface area (Å²) < 4.78 is 0. The maximum Gasteiger partial charge on any atom is 0.191 e. The summed E-state index contributed by atoms with van der Waals surface area (Å²) in [5, 5.41) is 7.09. The van der Waals surface area contributed by atoms with Crippen LogP contribution in [-0.2, 0) is 0 Å². The first-order valence-electron chi connectivity index (χ1n) is 11.3. The smallest absolute Gasteiger partial charge is 0.191 e. The molecule has 170 valence electrons. The van der Waals surface area contributed by atoms with Crippen molar-refractivity contribution in [3.8, 4) is 0 Å². The first kappa shape index (κ1) is 25.2. The molecule has 0 aliphatic carbocycles. The van der Waals surface area contributed by atoms with Crippen LogP contribution in [0, 0.1) is 5.92 Å². The highest BCUT2D eigenvalue weighted by molar-refractivity contribution is 14.0. The Morgan fingerprint density at radius 3 is 2.43 bits per heavy atom. The van der Waals surface area contributed by atoms with E-state index in [2.05, 4.69) is 75.5 Å². The number of hydrogen-bond acceptors (Lipinski definition) is 4. The molecule has 0 amide bonds. The molecule has 0 bridgehead atoms. The van der Waals surface area contributed by atoms with Crippen molar-refractivity contribution in [2.45, 2.75) is 32.7 Å². The number of nitrogens with zero attached hydrogens (tertiary/aromatic N) is 4. The van der Waals surface area contributed by atoms with Gasteiger partial charge in [-0.05, 0) is 50.4 Å². The predicted molar refractivity (Wildman–Crippen MR) is 139 cm³/mol. The Hall–Kier alpha value is -1.06. The molecular formula is C23H41IN6. The molecule has 30 heavy (non-hydrogen) atoms. The number of anilines is 1. The molecule has 1 aromatic carbocycles. The van der Waals surface area contributed by atoms with Gasteiger partial charge in [0.15, 0.2) is 5.96 Å². The molecule has 2 fully saturated rings. The zero-order valence-corrected chi connectivity index (χ0v) is 21.6. The molecule has 2 heterocycles. The van der Waals surface area contributed by atoms with Gasteiger partial charge in [0, 0.05) is 65.1 Å². The van der Waals surface area contributed by atoms with Gasteiger partial charge in [-0.15, -0.1) is 24.0 Å². The first-order chi connectivity index (χ1) is 14.0. The SMILES string of the molecule is CN=C(NCC(C)CN1CCN(C)CC1)NC(C)c1cccc(N2CCCC2)c1.I. The predicted octanol–water partition coefficient (Wildman–Crippen LogP) is 3.01. The summed E-state index contributed by atoms with van der Waals surface area (Å²) in [6.07, 6.45) is 2.61. The normalized spacial score (nSPS) is 20.5. The molecule has 0 aromatic heterocycles. The van der Waals surface area contributed by atoms with Crippen molar-refractivity contribution in [3.05, 3.63) is 29.8 Å². The molecule has 2 unspecified atom stereocenters. The number of benzene rings is 1. The quantitative estimate of drug-likeness (QED) is 0.324. The highest BCUT2D eigenvalue weighted by Gasteiger charge is 2.17. The van der Waals surface area contributed by atoms with Crippen molar-refractivity contribution in [3.63, 3.8) is 0 Å². The Kier molecular flexibility index (Phi) is 10.7. The van der Waals surface area contributed by atoms with Crippen molar-refractivity contribution in [2.24, 2.45) is 10.9 Å². The topological polar surface area (TPSA) is 46.1 Å². The molecule has 1 aromatic rings. The van der Waals surface area contributed by atoms with Crippen LogP contribution >= 0.6 is 24.0 Å². The summed E-state index contributed by atoms with van der Waals surface area (Å²) >= 11 is 0. The molecule has 0 radical (unpaired) electrons. The third kappa shape index (κ3) is 7.57. The van der Waals surface area contributed by atoms with Gasteiger partial charge in [-0.1, -0.05) is 19.1 Å². The van der Waals surface area contributed by atoms with E-state index >= 15 is 0 Å². The zero-order valence-electron chi connectivity index (χ0n) is 19.2. The van der Waals surface area contributed by atoms with Crippen molar-refractivity contribution in [1.29, 1.82) is 0 Å². The van der Waals surface area contributed by atoms with Crippen LogP contribution < -0.4 is 15.5 Å². The fourth-order valence-corrected chi connectivity index (χ4v) is 4.26. The number of likely N-dealkylation sites (N-methyl/N-ethyl adjacent to an activating group) is 1. The molecule has 0 spiro atoms. The summed E-state index contributed by atoms with van der Waals surface area (Å²) in [6, 6.07) is 9.16. The van der Waals surface area contributed by atoms with Gasteiger partial charge in [0.2, 0.25) is 0 Å². The van der Waals surface area contributed by atoms with E-state index in [1.54, 1.807) is 0 Å². The van der Waals surface area contributed by atoms with Crippen LogP contribution in [0.1, 0.15) is 38.3 Å². The van der Waals surface area contributed by atoms with E-state index in [1.165, 1.54) is 63.4 Å². The van der Waals surface area contributed by atoms with Gasteiger partial charge < -0.3 is 25.3 Å². The second kappa shape index (κ2) is 12.7. The van der Waals surface area contributed by atoms with E-state index in [1.807, 2.05) is 7.05 Å². The van der Waals surface area contributed by atoms with E-state index in [9.17, 15) is 0 Å². The lowest BCUT2D eigenvalue weighted by molar-refractivity contribution is 0.139. The van der Waals surface area contributed by atoms with Crippen molar-refractivity contribution >= 4 is 35.6 Å². The van der Waals surface area contributed by atoms with Crippen LogP contribution in [0.2, 0.25) is 0 Å². The van der Waals surface area contributed by atoms with E-state index in [-0.39, 0.29) is 30.0 Å². The Morgan fingerprint density at radius 1 is 1.07 bits per heavy atom. The molecule has 2 aliphatic rings. The van der Waals surface area contributed by atoms with Crippen molar-refractivity contribution in [1.82, 2.24) is 20.4 Å². The number of aliphatic imine (C=N–C) groups is 1. The Morgan fingerprint density at radius 2 is 1.77 bits per heavy atom. The van der Waals surface area contributed by atoms with Crippen LogP contribution in [0.3, 0.4) is 0 Å². The van der Waals surface area contributed by atoms with Gasteiger partial charge in [-0.2, -0.15) is 0 Å². The maximum absolute atomic E-state index is 4.45. The molecular weight excluding hydrogens is 487 g/mol. The lowest BCUT2D eigenvalue weighted by Gasteiger charge is -2.34. The summed E-state index contributed by atoms with van der Waals surface area (Å²) in [5.41, 5.74) is 2.65. The average molecular weight is 529 g/mol. The van der Waals surface area contributed by atoms with Crippen LogP contribution in [0.4, 0.5) is 5.69 Å². The number of guanidine groups is 1. The minimum atomic E-state index is 0. The number of halogens is 1. The molecule has 6 nitrogen and oxygen atoms in total. The third-order valence-electron chi connectivity index (χ3n) is 6.20. The molecule has 0 saturated carbocycles. The molecule has 2 aliphatic heterocycles. The fourth-order valence-electron chi connectivity index (χ4n) is 4.26. The number of piperazine rings is 1. The second-order valence-corrected chi connectivity index (χ2v) is 8.82. The molecule has 2 N–H and O–H groups in total. The minimum absolute atomic E-state index is 0. The zero-order chi connectivity index (χ0) is 20.6. The highest BCUT2D eigenvalue weighted by Crippen LogP contribution is 2.23. The van der Waals surface area contributed by atoms with Crippen molar-refractivity contribution < 1.29 is 0 Å². The van der Waals surface area contributed by atoms with E-state index in [0.29, 0.717) is 5.92 Å². The molecule has 7 heteroatoms. The lowest BCUT2D eigenvalue weighted by Crippen LogP contribution is -2.47. The lowest BCUT2D eigenvalue weighted by atomic mass is 10.1. The average Bonchev–Trinajstić information content (AvgIpc) is 3.27. The highest BCUT2D eigenvalue weighted by atomic mass is 127. The van der Waals surface area contributed by atoms with Gasteiger partial charge in [-0.25, -0.2) is 0 Å². The minimum Gasteiger partial charge on any atom is -0.372 e. The summed E-state index contributed by atoms with van der Waals surface area (Å²) in [6.45, 7) is 13.7. The van der Waals surface area contributed by atoms with E-state index in [0.717, 1.165) is 19.0 Å². The first-order valence-corrected chi connectivity index (χ1v) is 11.3. The van der Waals surface area contributed by atoms with Crippen LogP contribution in [0.5, 0.6) is 0 Å². The molecule has 2 saturated heterocycles. The van der Waals surface area contributed by atoms with Gasteiger partial charge in [0.05, 0.1) is 6.04 Å². The van der Waals surface area contributed by atoms with Gasteiger partial charge in [0.1, 0.15) is 0 Å². The Balaban J connectivity index is 0.00000320. The summed E-state index contributed by atoms with van der Waals surface area (Å²) in [4.78, 5) is 11.9. The monoisotopic (exact) mass is 528 g/mol. The number of hydrogen-bond donors (Lipinski definition) is 2.